The Labute approximate surface area is 122 Å². The molecule has 0 radical (unpaired) electrons. The Morgan fingerprint density at radius 1 is 1.33 bits per heavy atom. The summed E-state index contributed by atoms with van der Waals surface area (Å²) in [5.74, 6) is -1.76. The first-order chi connectivity index (χ1) is 9.97. The van der Waals surface area contributed by atoms with E-state index in [1.54, 1.807) is 0 Å². The average molecular weight is 317 g/mol. The summed E-state index contributed by atoms with van der Waals surface area (Å²) >= 11 is 5.69. The van der Waals surface area contributed by atoms with Crippen molar-refractivity contribution in [2.24, 2.45) is 0 Å². The molecule has 4 nitrogen and oxygen atoms in total. The molecular weight excluding hydrogens is 309 g/mol. The second-order valence-electron chi connectivity index (χ2n) is 3.82. The number of hydrogen-bond acceptors (Lipinski definition) is 3. The molecule has 0 saturated carbocycles. The number of hydrogen-bond donors (Lipinski definition) is 1. The third-order valence-corrected chi connectivity index (χ3v) is 2.70. The number of nitrogens with zero attached hydrogens (tertiary/aromatic N) is 1. The summed E-state index contributed by atoms with van der Waals surface area (Å²) in [6, 6.07) is 6.48. The number of amides is 1. The molecule has 0 bridgehead atoms. The number of carbonyl (C=O) groups excluding carboxylic acids is 1. The second kappa shape index (κ2) is 6.45. The van der Waals surface area contributed by atoms with E-state index in [0.29, 0.717) is 0 Å². The first-order valence-corrected chi connectivity index (χ1v) is 6.01. The van der Waals surface area contributed by atoms with Crippen LogP contribution in [0, 0.1) is 5.82 Å². The topological polar surface area (TPSA) is 51.2 Å². The van der Waals surface area contributed by atoms with Crippen molar-refractivity contribution in [3.63, 3.8) is 0 Å². The van der Waals surface area contributed by atoms with E-state index in [4.69, 9.17) is 11.6 Å². The van der Waals surface area contributed by atoms with Gasteiger partial charge in [-0.15, -0.1) is 0 Å². The smallest absolute Gasteiger partial charge is 0.387 e. The van der Waals surface area contributed by atoms with Gasteiger partial charge in [0.2, 0.25) is 0 Å². The van der Waals surface area contributed by atoms with E-state index >= 15 is 0 Å². The number of aromatic nitrogens is 1. The van der Waals surface area contributed by atoms with E-state index in [1.165, 1.54) is 24.3 Å². The molecule has 110 valence electrons. The molecule has 0 spiro atoms. The van der Waals surface area contributed by atoms with E-state index in [0.717, 1.165) is 12.3 Å². The van der Waals surface area contributed by atoms with Gasteiger partial charge in [-0.3, -0.25) is 4.79 Å². The number of nitrogens with one attached hydrogen (secondary N) is 1. The number of carbonyl (C=O) groups is 1. The highest BCUT2D eigenvalue weighted by Gasteiger charge is 2.16. The second-order valence-corrected chi connectivity index (χ2v) is 4.18. The predicted octanol–water partition coefficient (Wildman–Crippen LogP) is 3.73. The fraction of sp³-hybridized carbons (Fsp3) is 0.0769. The van der Waals surface area contributed by atoms with E-state index < -0.39 is 18.3 Å². The minimum Gasteiger partial charge on any atom is -0.433 e. The quantitative estimate of drug-likeness (QED) is 0.874. The zero-order valence-corrected chi connectivity index (χ0v) is 11.1. The number of pyridine rings is 1. The van der Waals surface area contributed by atoms with Crippen molar-refractivity contribution in [2.75, 3.05) is 5.32 Å². The van der Waals surface area contributed by atoms with Gasteiger partial charge in [-0.25, -0.2) is 9.37 Å². The molecule has 0 aliphatic rings. The Morgan fingerprint density at radius 3 is 2.76 bits per heavy atom. The summed E-state index contributed by atoms with van der Waals surface area (Å²) in [6.45, 7) is -3.04. The van der Waals surface area contributed by atoms with Gasteiger partial charge < -0.3 is 10.1 Å². The fourth-order valence-corrected chi connectivity index (χ4v) is 1.73. The summed E-state index contributed by atoms with van der Waals surface area (Å²) in [5, 5.41) is 2.10. The molecule has 0 fully saturated rings. The van der Waals surface area contributed by atoms with Crippen LogP contribution in [0.1, 0.15) is 10.4 Å². The molecule has 1 N–H and O–H groups in total. The first kappa shape index (κ1) is 15.1. The first-order valence-electron chi connectivity index (χ1n) is 5.63. The van der Waals surface area contributed by atoms with Crippen molar-refractivity contribution >= 4 is 23.2 Å². The Kier molecular flexibility index (Phi) is 4.64. The summed E-state index contributed by atoms with van der Waals surface area (Å²) in [7, 11) is 0. The van der Waals surface area contributed by atoms with E-state index in [2.05, 4.69) is 15.0 Å². The van der Waals surface area contributed by atoms with Gasteiger partial charge in [0.05, 0.1) is 17.4 Å². The van der Waals surface area contributed by atoms with Crippen LogP contribution in [-0.4, -0.2) is 17.5 Å². The Balaban J connectivity index is 2.25. The maximum absolute atomic E-state index is 13.1. The number of alkyl halides is 2. The van der Waals surface area contributed by atoms with Crippen LogP contribution in [0.25, 0.3) is 0 Å². The van der Waals surface area contributed by atoms with Crippen molar-refractivity contribution in [3.8, 4) is 5.75 Å². The lowest BCUT2D eigenvalue weighted by atomic mass is 10.2. The molecule has 2 aromatic rings. The number of benzene rings is 1. The molecule has 2 rings (SSSR count). The molecular formula is C13H8ClF3N2O2. The van der Waals surface area contributed by atoms with Crippen LogP contribution in [-0.2, 0) is 0 Å². The molecule has 1 amide bonds. The summed E-state index contributed by atoms with van der Waals surface area (Å²) in [5.41, 5.74) is -0.216. The van der Waals surface area contributed by atoms with Gasteiger partial charge in [-0.1, -0.05) is 23.7 Å². The van der Waals surface area contributed by atoms with Crippen molar-refractivity contribution in [1.29, 1.82) is 0 Å². The lowest BCUT2D eigenvalue weighted by molar-refractivity contribution is -0.0493. The fourth-order valence-electron chi connectivity index (χ4n) is 1.54. The number of ether oxygens (including phenoxy) is 1. The molecule has 1 aromatic carbocycles. The largest absolute Gasteiger partial charge is 0.433 e. The summed E-state index contributed by atoms with van der Waals surface area (Å²) < 4.78 is 41.9. The highest BCUT2D eigenvalue weighted by molar-refractivity contribution is 6.33. The highest BCUT2D eigenvalue weighted by Crippen LogP contribution is 2.26. The van der Waals surface area contributed by atoms with Crippen molar-refractivity contribution in [3.05, 3.63) is 53.1 Å². The van der Waals surface area contributed by atoms with Gasteiger partial charge in [0, 0.05) is 0 Å². The van der Waals surface area contributed by atoms with E-state index in [1.807, 2.05) is 0 Å². The average Bonchev–Trinajstić information content (AvgIpc) is 2.43. The third kappa shape index (κ3) is 3.85. The Hall–Kier alpha value is -2.28. The molecule has 0 aliphatic heterocycles. The van der Waals surface area contributed by atoms with Crippen molar-refractivity contribution < 1.29 is 22.7 Å². The number of anilines is 1. The van der Waals surface area contributed by atoms with Crippen LogP contribution in [0.2, 0.25) is 5.15 Å². The van der Waals surface area contributed by atoms with Gasteiger partial charge in [-0.05, 0) is 18.2 Å². The van der Waals surface area contributed by atoms with Crippen LogP contribution in [0.5, 0.6) is 5.75 Å². The van der Waals surface area contributed by atoms with E-state index in [9.17, 15) is 18.0 Å². The van der Waals surface area contributed by atoms with Crippen LogP contribution in [0.4, 0.5) is 18.9 Å². The van der Waals surface area contributed by atoms with Crippen molar-refractivity contribution in [2.45, 2.75) is 6.61 Å². The van der Waals surface area contributed by atoms with Crippen LogP contribution in [0.3, 0.4) is 0 Å². The van der Waals surface area contributed by atoms with Gasteiger partial charge in [0.25, 0.3) is 5.91 Å². The molecule has 0 atom stereocenters. The number of para-hydroxylation sites is 2. The molecule has 0 unspecified atom stereocenters. The van der Waals surface area contributed by atoms with Gasteiger partial charge >= 0.3 is 6.61 Å². The van der Waals surface area contributed by atoms with E-state index in [-0.39, 0.29) is 22.2 Å². The normalized spacial score (nSPS) is 10.5. The molecule has 1 heterocycles. The van der Waals surface area contributed by atoms with Crippen LogP contribution < -0.4 is 10.1 Å². The monoisotopic (exact) mass is 316 g/mol. The lowest BCUT2D eigenvalue weighted by Gasteiger charge is -2.12. The van der Waals surface area contributed by atoms with Crippen LogP contribution >= 0.6 is 11.6 Å². The van der Waals surface area contributed by atoms with Gasteiger partial charge in [0.15, 0.2) is 0 Å². The molecule has 21 heavy (non-hydrogen) atoms. The minimum absolute atomic E-state index is 0.00290. The maximum atomic E-state index is 13.1. The molecule has 8 heteroatoms. The summed E-state index contributed by atoms with van der Waals surface area (Å²) in [4.78, 5) is 15.5. The molecule has 1 aromatic heterocycles. The SMILES string of the molecule is O=C(Nc1ccccc1OC(F)F)c1cc(F)cnc1Cl. The Morgan fingerprint density at radius 2 is 2.05 bits per heavy atom. The van der Waals surface area contributed by atoms with Gasteiger partial charge in [0.1, 0.15) is 16.7 Å². The number of halogens is 4. The van der Waals surface area contributed by atoms with Crippen LogP contribution in [0.15, 0.2) is 36.5 Å². The standard InChI is InChI=1S/C13H8ClF3N2O2/c14-11-8(5-7(15)6-18-11)12(20)19-9-3-1-2-4-10(9)21-13(16)17/h1-6,13H,(H,19,20). The van der Waals surface area contributed by atoms with Crippen molar-refractivity contribution in [1.82, 2.24) is 4.98 Å². The highest BCUT2D eigenvalue weighted by atomic mass is 35.5. The Bertz CT molecular complexity index is 668. The predicted molar refractivity (Wildman–Crippen MR) is 70.2 cm³/mol. The zero-order chi connectivity index (χ0) is 15.4. The summed E-state index contributed by atoms with van der Waals surface area (Å²) in [6.07, 6.45) is 0.854. The lowest BCUT2D eigenvalue weighted by Crippen LogP contribution is -2.15. The third-order valence-electron chi connectivity index (χ3n) is 2.40. The minimum atomic E-state index is -3.04. The maximum Gasteiger partial charge on any atom is 0.387 e. The molecule has 0 saturated heterocycles. The molecule has 0 aliphatic carbocycles. The number of rotatable bonds is 4. The zero-order valence-electron chi connectivity index (χ0n) is 10.3. The van der Waals surface area contributed by atoms with Gasteiger partial charge in [-0.2, -0.15) is 8.78 Å².